The quantitative estimate of drug-likeness (QED) is 0.779. The number of urea groups is 1. The van der Waals surface area contributed by atoms with E-state index < -0.39 is 11.6 Å². The third kappa shape index (κ3) is 2.51. The maximum Gasteiger partial charge on any atom is 0.322 e. The number of amides is 4. The van der Waals surface area contributed by atoms with Gasteiger partial charge in [-0.2, -0.15) is 0 Å². The number of hydrogen-bond acceptors (Lipinski definition) is 6. The highest BCUT2D eigenvalue weighted by Gasteiger charge is 2.48. The summed E-state index contributed by atoms with van der Waals surface area (Å²) in [6.07, 6.45) is 2.25. The summed E-state index contributed by atoms with van der Waals surface area (Å²) in [7, 11) is 0. The molecule has 9 nitrogen and oxygen atoms in total. The second-order valence-corrected chi connectivity index (χ2v) is 7.08. The summed E-state index contributed by atoms with van der Waals surface area (Å²) in [4.78, 5) is 42.1. The Morgan fingerprint density at radius 2 is 2.04 bits per heavy atom. The molecule has 2 aromatic heterocycles. The highest BCUT2D eigenvalue weighted by molar-refractivity contribution is 6.07. The standard InChI is InChI=1S/C17H19N5O4/c1-9(2)12-11-7-10(8-18-13(11)26-21-12)14(23)22-5-3-17(4-6-22)15(24)19-16(25)20-17/h7-9H,3-6H2,1-2H3,(H2,19,20,24,25). The molecule has 0 unspecified atom stereocenters. The molecule has 9 heteroatoms. The minimum atomic E-state index is -0.893. The van der Waals surface area contributed by atoms with Crippen LogP contribution in [0.5, 0.6) is 0 Å². The fourth-order valence-electron chi connectivity index (χ4n) is 3.54. The van der Waals surface area contributed by atoms with Crippen molar-refractivity contribution in [2.45, 2.75) is 38.1 Å². The smallest absolute Gasteiger partial charge is 0.322 e. The van der Waals surface area contributed by atoms with Gasteiger partial charge in [-0.15, -0.1) is 0 Å². The molecule has 26 heavy (non-hydrogen) atoms. The van der Waals surface area contributed by atoms with Gasteiger partial charge in [0, 0.05) is 19.3 Å². The summed E-state index contributed by atoms with van der Waals surface area (Å²) in [6.45, 7) is 4.75. The number of fused-ring (bicyclic) bond motifs is 1. The van der Waals surface area contributed by atoms with Crippen LogP contribution in [0.3, 0.4) is 0 Å². The number of carbonyl (C=O) groups is 3. The van der Waals surface area contributed by atoms with Crippen LogP contribution in [-0.2, 0) is 4.79 Å². The van der Waals surface area contributed by atoms with Gasteiger partial charge in [0.05, 0.1) is 16.6 Å². The van der Waals surface area contributed by atoms with Gasteiger partial charge in [-0.3, -0.25) is 14.9 Å². The summed E-state index contributed by atoms with van der Waals surface area (Å²) < 4.78 is 5.21. The Morgan fingerprint density at radius 3 is 2.65 bits per heavy atom. The Morgan fingerprint density at radius 1 is 1.31 bits per heavy atom. The van der Waals surface area contributed by atoms with Crippen molar-refractivity contribution in [1.82, 2.24) is 25.7 Å². The van der Waals surface area contributed by atoms with E-state index in [9.17, 15) is 14.4 Å². The van der Waals surface area contributed by atoms with Crippen LogP contribution in [0.4, 0.5) is 4.79 Å². The van der Waals surface area contributed by atoms with E-state index in [2.05, 4.69) is 20.8 Å². The number of rotatable bonds is 2. The maximum absolute atomic E-state index is 12.8. The van der Waals surface area contributed by atoms with Crippen LogP contribution in [0, 0.1) is 0 Å². The fourth-order valence-corrected chi connectivity index (χ4v) is 3.54. The van der Waals surface area contributed by atoms with Crippen LogP contribution in [0.2, 0.25) is 0 Å². The van der Waals surface area contributed by atoms with E-state index in [4.69, 9.17) is 4.52 Å². The van der Waals surface area contributed by atoms with E-state index in [1.807, 2.05) is 13.8 Å². The summed E-state index contributed by atoms with van der Waals surface area (Å²) >= 11 is 0. The number of nitrogens with zero attached hydrogens (tertiary/aromatic N) is 3. The molecule has 0 bridgehead atoms. The number of imide groups is 1. The van der Waals surface area contributed by atoms with Crippen LogP contribution in [-0.4, -0.2) is 51.5 Å². The van der Waals surface area contributed by atoms with Crippen LogP contribution in [0.1, 0.15) is 48.7 Å². The largest absolute Gasteiger partial charge is 0.338 e. The lowest BCUT2D eigenvalue weighted by molar-refractivity contribution is -0.125. The second kappa shape index (κ2) is 5.79. The molecular formula is C17H19N5O4. The number of aromatic nitrogens is 2. The number of pyridine rings is 1. The van der Waals surface area contributed by atoms with Crippen molar-refractivity contribution in [3.05, 3.63) is 23.5 Å². The maximum atomic E-state index is 12.8. The van der Waals surface area contributed by atoms with Gasteiger partial charge in [-0.1, -0.05) is 19.0 Å². The molecule has 0 saturated carbocycles. The minimum Gasteiger partial charge on any atom is -0.338 e. The molecule has 136 valence electrons. The van der Waals surface area contributed by atoms with Gasteiger partial charge in [-0.25, -0.2) is 9.78 Å². The van der Waals surface area contributed by atoms with E-state index in [1.54, 1.807) is 11.0 Å². The lowest BCUT2D eigenvalue weighted by Crippen LogP contribution is -2.55. The van der Waals surface area contributed by atoms with Crippen molar-refractivity contribution >= 4 is 28.9 Å². The highest BCUT2D eigenvalue weighted by atomic mass is 16.5. The Labute approximate surface area is 149 Å². The monoisotopic (exact) mass is 357 g/mol. The lowest BCUT2D eigenvalue weighted by Gasteiger charge is -2.36. The number of carbonyl (C=O) groups excluding carboxylic acids is 3. The van der Waals surface area contributed by atoms with Gasteiger partial charge < -0.3 is 14.7 Å². The van der Waals surface area contributed by atoms with Gasteiger partial charge in [0.15, 0.2) is 0 Å². The first-order valence-electron chi connectivity index (χ1n) is 8.58. The number of hydrogen-bond donors (Lipinski definition) is 2. The van der Waals surface area contributed by atoms with Crippen molar-refractivity contribution in [2.75, 3.05) is 13.1 Å². The Hall–Kier alpha value is -2.97. The Kier molecular flexibility index (Phi) is 3.67. The molecule has 2 aromatic rings. The van der Waals surface area contributed by atoms with Gasteiger partial charge >= 0.3 is 6.03 Å². The molecule has 0 radical (unpaired) electrons. The SMILES string of the molecule is CC(C)c1noc2ncc(C(=O)N3CCC4(CC3)NC(=O)NC4=O)cc12. The van der Waals surface area contributed by atoms with Gasteiger partial charge in [0.1, 0.15) is 5.54 Å². The van der Waals surface area contributed by atoms with Crippen molar-refractivity contribution in [3.63, 3.8) is 0 Å². The van der Waals surface area contributed by atoms with Crippen molar-refractivity contribution in [3.8, 4) is 0 Å². The topological polar surface area (TPSA) is 117 Å². The third-order valence-electron chi connectivity index (χ3n) is 5.07. The Balaban J connectivity index is 1.54. The van der Waals surface area contributed by atoms with Crippen LogP contribution < -0.4 is 10.6 Å². The highest BCUT2D eigenvalue weighted by Crippen LogP contribution is 2.28. The molecule has 4 rings (SSSR count). The Bertz CT molecular complexity index is 911. The molecular weight excluding hydrogens is 338 g/mol. The molecule has 4 amide bonds. The van der Waals surface area contributed by atoms with E-state index in [0.717, 1.165) is 11.1 Å². The molecule has 2 N–H and O–H groups in total. The molecule has 0 atom stereocenters. The minimum absolute atomic E-state index is 0.155. The first-order valence-corrected chi connectivity index (χ1v) is 8.58. The number of likely N-dealkylation sites (tertiary alicyclic amines) is 1. The zero-order chi connectivity index (χ0) is 18.5. The van der Waals surface area contributed by atoms with Crippen LogP contribution in [0.25, 0.3) is 11.1 Å². The summed E-state index contributed by atoms with van der Waals surface area (Å²) in [5.41, 5.74) is 0.742. The van der Waals surface area contributed by atoms with E-state index in [0.29, 0.717) is 37.2 Å². The van der Waals surface area contributed by atoms with Crippen molar-refractivity contribution < 1.29 is 18.9 Å². The fraction of sp³-hybridized carbons (Fsp3) is 0.471. The third-order valence-corrected chi connectivity index (χ3v) is 5.07. The van der Waals surface area contributed by atoms with Crippen molar-refractivity contribution in [2.24, 2.45) is 0 Å². The predicted molar refractivity (Wildman–Crippen MR) is 90.4 cm³/mol. The second-order valence-electron chi connectivity index (χ2n) is 7.08. The number of nitrogens with one attached hydrogen (secondary N) is 2. The van der Waals surface area contributed by atoms with Crippen LogP contribution >= 0.6 is 0 Å². The average Bonchev–Trinajstić information content (AvgIpc) is 3.15. The van der Waals surface area contributed by atoms with Gasteiger partial charge in [0.25, 0.3) is 17.5 Å². The molecule has 2 fully saturated rings. The first kappa shape index (κ1) is 16.5. The van der Waals surface area contributed by atoms with Gasteiger partial charge in [0.2, 0.25) is 0 Å². The molecule has 4 heterocycles. The van der Waals surface area contributed by atoms with Gasteiger partial charge in [-0.05, 0) is 24.8 Å². The van der Waals surface area contributed by atoms with E-state index in [1.165, 1.54) is 6.20 Å². The molecule has 2 saturated heterocycles. The zero-order valence-corrected chi connectivity index (χ0v) is 14.5. The average molecular weight is 357 g/mol. The molecule has 2 aliphatic heterocycles. The summed E-state index contributed by atoms with van der Waals surface area (Å²) in [5, 5.41) is 9.72. The molecule has 2 aliphatic rings. The van der Waals surface area contributed by atoms with E-state index >= 15 is 0 Å². The number of piperidine rings is 1. The van der Waals surface area contributed by atoms with Crippen molar-refractivity contribution in [1.29, 1.82) is 0 Å². The molecule has 0 aromatic carbocycles. The first-order chi connectivity index (χ1) is 12.4. The normalized spacial score (nSPS) is 19.3. The predicted octanol–water partition coefficient (Wildman–Crippen LogP) is 1.16. The van der Waals surface area contributed by atoms with Crippen LogP contribution in [0.15, 0.2) is 16.8 Å². The summed E-state index contributed by atoms with van der Waals surface area (Å²) in [5.74, 6) is -0.318. The van der Waals surface area contributed by atoms with E-state index in [-0.39, 0.29) is 17.7 Å². The lowest BCUT2D eigenvalue weighted by atomic mass is 9.87. The molecule has 0 aliphatic carbocycles. The molecule has 1 spiro atoms. The zero-order valence-electron chi connectivity index (χ0n) is 14.5. The summed E-state index contributed by atoms with van der Waals surface area (Å²) in [6, 6.07) is 1.28.